The van der Waals surface area contributed by atoms with Crippen molar-refractivity contribution in [1.82, 2.24) is 19.8 Å². The molecule has 1 fully saturated rings. The molecule has 188 valence electrons. The number of carbonyl (C=O) groups excluding carboxylic acids is 2. The normalized spacial score (nSPS) is 21.9. The van der Waals surface area contributed by atoms with Gasteiger partial charge in [0.25, 0.3) is 5.91 Å². The molecule has 0 spiro atoms. The quantitative estimate of drug-likeness (QED) is 0.673. The number of aromatic nitrogens is 2. The van der Waals surface area contributed by atoms with Crippen LogP contribution in [0.3, 0.4) is 0 Å². The Labute approximate surface area is 206 Å². The van der Waals surface area contributed by atoms with E-state index in [-0.39, 0.29) is 48.3 Å². The lowest BCUT2D eigenvalue weighted by molar-refractivity contribution is -0.138. The molecule has 0 bridgehead atoms. The highest BCUT2D eigenvalue weighted by molar-refractivity contribution is 5.98. The van der Waals surface area contributed by atoms with Crippen LogP contribution in [-0.2, 0) is 9.53 Å². The maximum Gasteiger partial charge on any atom is 0.259 e. The molecule has 1 saturated heterocycles. The van der Waals surface area contributed by atoms with E-state index in [9.17, 15) is 14.7 Å². The Bertz CT molecular complexity index is 1030. The van der Waals surface area contributed by atoms with Crippen molar-refractivity contribution in [1.29, 1.82) is 0 Å². The van der Waals surface area contributed by atoms with Crippen LogP contribution in [0, 0.1) is 11.8 Å². The minimum Gasteiger partial charge on any atom is -0.472 e. The Balaban J connectivity index is 1.64. The average Bonchev–Trinajstić information content (AvgIpc) is 2.90. The number of carbonyl (C=O) groups is 2. The highest BCUT2D eigenvalue weighted by atomic mass is 16.5. The molecule has 2 aliphatic rings. The van der Waals surface area contributed by atoms with Gasteiger partial charge in [-0.1, -0.05) is 13.0 Å². The van der Waals surface area contributed by atoms with Crippen LogP contribution in [0.4, 0.5) is 0 Å². The molecule has 35 heavy (non-hydrogen) atoms. The molecule has 0 saturated carbocycles. The summed E-state index contributed by atoms with van der Waals surface area (Å²) >= 11 is 0. The van der Waals surface area contributed by atoms with Crippen LogP contribution < -0.4 is 4.74 Å². The van der Waals surface area contributed by atoms with Crippen LogP contribution in [0.25, 0.3) is 11.1 Å². The molecule has 0 aliphatic carbocycles. The number of hydrogen-bond donors (Lipinski definition) is 1. The molecule has 9 nitrogen and oxygen atoms in total. The second-order valence-corrected chi connectivity index (χ2v) is 9.55. The van der Waals surface area contributed by atoms with Gasteiger partial charge >= 0.3 is 0 Å². The summed E-state index contributed by atoms with van der Waals surface area (Å²) in [5.74, 6) is -0.0516. The number of nitrogens with zero attached hydrogens (tertiary/aromatic N) is 4. The summed E-state index contributed by atoms with van der Waals surface area (Å²) in [5, 5.41) is 9.85. The number of amides is 2. The molecular weight excluding hydrogens is 448 g/mol. The Morgan fingerprint density at radius 1 is 1.29 bits per heavy atom. The third-order valence-electron chi connectivity index (χ3n) is 6.92. The van der Waals surface area contributed by atoms with Crippen molar-refractivity contribution in [3.8, 4) is 17.0 Å². The van der Waals surface area contributed by atoms with Gasteiger partial charge < -0.3 is 24.4 Å². The van der Waals surface area contributed by atoms with E-state index in [0.717, 1.165) is 24.0 Å². The first-order chi connectivity index (χ1) is 16.9. The molecule has 2 aliphatic heterocycles. The summed E-state index contributed by atoms with van der Waals surface area (Å²) in [4.78, 5) is 38.7. The number of fused-ring (bicyclic) bond motifs is 1. The number of aliphatic hydroxyl groups excluding tert-OH is 1. The highest BCUT2D eigenvalue weighted by Gasteiger charge is 2.35. The smallest absolute Gasteiger partial charge is 0.259 e. The van der Waals surface area contributed by atoms with Gasteiger partial charge in [0.15, 0.2) is 0 Å². The van der Waals surface area contributed by atoms with Gasteiger partial charge in [-0.15, -0.1) is 0 Å². The maximum absolute atomic E-state index is 13.6. The van der Waals surface area contributed by atoms with Crippen molar-refractivity contribution in [2.75, 3.05) is 40.0 Å². The second kappa shape index (κ2) is 11.1. The molecule has 2 aromatic heterocycles. The molecule has 1 N–H and O–H groups in total. The number of hydrogen-bond acceptors (Lipinski definition) is 7. The first-order valence-corrected chi connectivity index (χ1v) is 12.2. The van der Waals surface area contributed by atoms with E-state index in [1.54, 1.807) is 41.5 Å². The molecule has 9 heteroatoms. The van der Waals surface area contributed by atoms with E-state index in [0.29, 0.717) is 31.9 Å². The van der Waals surface area contributed by atoms with Gasteiger partial charge in [-0.3, -0.25) is 14.6 Å². The summed E-state index contributed by atoms with van der Waals surface area (Å²) in [6.07, 6.45) is 6.15. The number of ether oxygens (including phenoxy) is 2. The predicted molar refractivity (Wildman–Crippen MR) is 130 cm³/mol. The SMILES string of the molecule is C[C@H]1CN([C@@H](C)CO)C(=O)c2cc(-c3cccnc3)cnc2O[C@@H]1CN(C)C(=O)C1CCOCC1. The fourth-order valence-electron chi connectivity index (χ4n) is 4.63. The van der Waals surface area contributed by atoms with Gasteiger partial charge in [0, 0.05) is 68.4 Å². The Morgan fingerprint density at radius 2 is 2.06 bits per heavy atom. The van der Waals surface area contributed by atoms with Crippen LogP contribution in [-0.4, -0.2) is 88.8 Å². The van der Waals surface area contributed by atoms with Crippen LogP contribution in [0.5, 0.6) is 5.88 Å². The molecule has 2 amide bonds. The van der Waals surface area contributed by atoms with Crippen molar-refractivity contribution in [3.63, 3.8) is 0 Å². The Morgan fingerprint density at radius 3 is 2.74 bits per heavy atom. The maximum atomic E-state index is 13.6. The van der Waals surface area contributed by atoms with Gasteiger partial charge in [0.2, 0.25) is 11.8 Å². The molecule has 4 rings (SSSR count). The number of pyridine rings is 2. The van der Waals surface area contributed by atoms with Crippen LogP contribution in [0.1, 0.15) is 37.0 Å². The van der Waals surface area contributed by atoms with Crippen LogP contribution in [0.15, 0.2) is 36.8 Å². The van der Waals surface area contributed by atoms with Gasteiger partial charge in [-0.25, -0.2) is 4.98 Å². The fraction of sp³-hybridized carbons (Fsp3) is 0.538. The summed E-state index contributed by atoms with van der Waals surface area (Å²) < 4.78 is 11.7. The number of likely N-dealkylation sites (N-methyl/N-ethyl adjacent to an activating group) is 1. The monoisotopic (exact) mass is 482 g/mol. The summed E-state index contributed by atoms with van der Waals surface area (Å²) in [6.45, 7) is 5.63. The van der Waals surface area contributed by atoms with Crippen molar-refractivity contribution in [2.45, 2.75) is 38.8 Å². The summed E-state index contributed by atoms with van der Waals surface area (Å²) in [7, 11) is 1.80. The third kappa shape index (κ3) is 5.62. The lowest BCUT2D eigenvalue weighted by Crippen LogP contribution is -2.51. The lowest BCUT2D eigenvalue weighted by Gasteiger charge is -2.38. The molecule has 0 radical (unpaired) electrons. The topological polar surface area (TPSA) is 105 Å². The average molecular weight is 483 g/mol. The zero-order valence-corrected chi connectivity index (χ0v) is 20.6. The standard InChI is InChI=1S/C26H34N4O5/c1-17-14-30(18(2)16-31)26(33)22-11-21(20-5-4-8-27-12-20)13-28-24(22)35-23(17)15-29(3)25(32)19-6-9-34-10-7-19/h4-5,8,11-13,17-19,23,31H,6-7,9-10,14-16H2,1-3H3/t17-,18-,23+/m0/s1. The third-order valence-corrected chi connectivity index (χ3v) is 6.92. The predicted octanol–water partition coefficient (Wildman–Crippen LogP) is 2.25. The largest absolute Gasteiger partial charge is 0.472 e. The first kappa shape index (κ1) is 25.1. The van der Waals surface area contributed by atoms with Gasteiger partial charge in [0.05, 0.1) is 19.2 Å². The zero-order valence-electron chi connectivity index (χ0n) is 20.6. The number of aliphatic hydroxyl groups is 1. The van der Waals surface area contributed by atoms with Crippen molar-refractivity contribution in [3.05, 3.63) is 42.4 Å². The highest BCUT2D eigenvalue weighted by Crippen LogP contribution is 2.30. The second-order valence-electron chi connectivity index (χ2n) is 9.55. The zero-order chi connectivity index (χ0) is 24.9. The molecular formula is C26H34N4O5. The van der Waals surface area contributed by atoms with Crippen molar-refractivity contribution in [2.24, 2.45) is 11.8 Å². The van der Waals surface area contributed by atoms with Gasteiger partial charge in [-0.05, 0) is 31.9 Å². The van der Waals surface area contributed by atoms with E-state index in [4.69, 9.17) is 9.47 Å². The van der Waals surface area contributed by atoms with E-state index < -0.39 is 0 Å². The molecule has 4 heterocycles. The first-order valence-electron chi connectivity index (χ1n) is 12.2. The minimum absolute atomic E-state index is 0.0439. The van der Waals surface area contributed by atoms with Gasteiger partial charge in [0.1, 0.15) is 11.7 Å². The van der Waals surface area contributed by atoms with Crippen LogP contribution in [0.2, 0.25) is 0 Å². The Hall–Kier alpha value is -3.04. The van der Waals surface area contributed by atoms with Crippen LogP contribution >= 0.6 is 0 Å². The fourth-order valence-corrected chi connectivity index (χ4v) is 4.63. The van der Waals surface area contributed by atoms with Crippen molar-refractivity contribution < 1.29 is 24.2 Å². The molecule has 0 unspecified atom stereocenters. The summed E-state index contributed by atoms with van der Waals surface area (Å²) in [6, 6.07) is 5.12. The lowest BCUT2D eigenvalue weighted by atomic mass is 9.97. The van der Waals surface area contributed by atoms with E-state index in [1.807, 2.05) is 26.0 Å². The number of rotatable bonds is 6. The van der Waals surface area contributed by atoms with E-state index in [1.165, 1.54) is 0 Å². The minimum atomic E-state index is -0.375. The van der Waals surface area contributed by atoms with E-state index in [2.05, 4.69) is 9.97 Å². The molecule has 2 aromatic rings. The summed E-state index contributed by atoms with van der Waals surface area (Å²) in [5.41, 5.74) is 1.93. The van der Waals surface area contributed by atoms with Gasteiger partial charge in [-0.2, -0.15) is 0 Å². The Kier molecular flexibility index (Phi) is 7.97. The molecule has 3 atom stereocenters. The van der Waals surface area contributed by atoms with E-state index >= 15 is 0 Å². The van der Waals surface area contributed by atoms with Crippen molar-refractivity contribution >= 4 is 11.8 Å². The molecule has 0 aromatic carbocycles.